The molecule has 3 aromatic rings. The van der Waals surface area contributed by atoms with Crippen LogP contribution in [0.4, 0.5) is 10.6 Å². The van der Waals surface area contributed by atoms with E-state index in [0.29, 0.717) is 24.4 Å². The Morgan fingerprint density at radius 2 is 1.97 bits per heavy atom. The number of rotatable bonds is 4. The van der Waals surface area contributed by atoms with Gasteiger partial charge in [0.05, 0.1) is 19.0 Å². The first kappa shape index (κ1) is 22.6. The average molecular weight is 452 g/mol. The molecule has 2 aromatic heterocycles. The van der Waals surface area contributed by atoms with Gasteiger partial charge in [-0.05, 0) is 64.3 Å². The fourth-order valence-electron chi connectivity index (χ4n) is 3.83. The van der Waals surface area contributed by atoms with Gasteiger partial charge in [-0.2, -0.15) is 5.10 Å². The molecule has 1 saturated heterocycles. The van der Waals surface area contributed by atoms with Crippen molar-refractivity contribution in [1.29, 1.82) is 0 Å². The van der Waals surface area contributed by atoms with Crippen LogP contribution in [0.25, 0.3) is 16.9 Å². The number of hydrogen-bond donors (Lipinski definition) is 1. The summed E-state index contributed by atoms with van der Waals surface area (Å²) in [5.74, 6) is 0.844. The molecule has 1 aliphatic rings. The average Bonchev–Trinajstić information content (AvgIpc) is 3.19. The summed E-state index contributed by atoms with van der Waals surface area (Å²) in [5.41, 5.74) is 1.64. The second kappa shape index (κ2) is 9.09. The summed E-state index contributed by atoms with van der Waals surface area (Å²) in [4.78, 5) is 31.6. The maximum atomic E-state index is 13.0. The number of ether oxygens (including phenoxy) is 2. The molecule has 0 aliphatic carbocycles. The Bertz CT molecular complexity index is 1170. The number of amides is 2. The number of hydrogen-bond acceptors (Lipinski definition) is 6. The molecule has 1 N–H and O–H groups in total. The molecule has 1 aromatic carbocycles. The van der Waals surface area contributed by atoms with Crippen molar-refractivity contribution in [3.05, 3.63) is 42.6 Å². The van der Waals surface area contributed by atoms with Gasteiger partial charge in [-0.1, -0.05) is 12.1 Å². The number of likely N-dealkylation sites (tertiary alicyclic amines) is 1. The SMILES string of the molecule is COc1cccc(-c2ccc3nc(NC(=O)C4CCCCN4C(=O)OC(C)(C)C)cn3n2)c1. The van der Waals surface area contributed by atoms with Crippen molar-refractivity contribution in [1.82, 2.24) is 19.5 Å². The van der Waals surface area contributed by atoms with E-state index in [1.54, 1.807) is 17.8 Å². The van der Waals surface area contributed by atoms with Gasteiger partial charge in [-0.3, -0.25) is 9.69 Å². The largest absolute Gasteiger partial charge is 0.497 e. The predicted octanol–water partition coefficient (Wildman–Crippen LogP) is 4.13. The minimum atomic E-state index is -0.622. The van der Waals surface area contributed by atoms with Gasteiger partial charge in [0.1, 0.15) is 17.4 Å². The van der Waals surface area contributed by atoms with Crippen LogP contribution in [-0.2, 0) is 9.53 Å². The van der Waals surface area contributed by atoms with Crippen LogP contribution in [0.1, 0.15) is 40.0 Å². The lowest BCUT2D eigenvalue weighted by molar-refractivity contribution is -0.122. The van der Waals surface area contributed by atoms with Gasteiger partial charge >= 0.3 is 6.09 Å². The van der Waals surface area contributed by atoms with Crippen LogP contribution in [0.5, 0.6) is 5.75 Å². The highest BCUT2D eigenvalue weighted by molar-refractivity contribution is 5.96. The highest BCUT2D eigenvalue weighted by Gasteiger charge is 2.35. The fraction of sp³-hybridized carbons (Fsp3) is 0.417. The lowest BCUT2D eigenvalue weighted by Gasteiger charge is -2.35. The molecular weight excluding hydrogens is 422 g/mol. The van der Waals surface area contributed by atoms with Gasteiger partial charge in [0.15, 0.2) is 11.5 Å². The number of nitrogens with one attached hydrogen (secondary N) is 1. The molecule has 0 radical (unpaired) electrons. The van der Waals surface area contributed by atoms with Gasteiger partial charge < -0.3 is 14.8 Å². The van der Waals surface area contributed by atoms with Crippen molar-refractivity contribution >= 4 is 23.5 Å². The minimum Gasteiger partial charge on any atom is -0.497 e. The Labute approximate surface area is 192 Å². The van der Waals surface area contributed by atoms with Crippen LogP contribution < -0.4 is 10.1 Å². The van der Waals surface area contributed by atoms with Crippen LogP contribution in [0, 0.1) is 0 Å². The smallest absolute Gasteiger partial charge is 0.410 e. The number of carbonyl (C=O) groups is 2. The Kier molecular flexibility index (Phi) is 6.22. The Morgan fingerprint density at radius 3 is 2.73 bits per heavy atom. The normalized spacial score (nSPS) is 16.5. The van der Waals surface area contributed by atoms with E-state index in [-0.39, 0.29) is 5.91 Å². The standard InChI is InChI=1S/C24H29N5O4/c1-24(2,3)33-23(31)28-13-6-5-10-19(28)22(30)26-20-15-29-21(25-20)12-11-18(27-29)16-8-7-9-17(14-16)32-4/h7-9,11-12,14-15,19H,5-6,10,13H2,1-4H3,(H,26,30). The number of piperidine rings is 1. The second-order valence-corrected chi connectivity index (χ2v) is 9.05. The number of benzene rings is 1. The van der Waals surface area contributed by atoms with E-state index in [2.05, 4.69) is 15.4 Å². The third kappa shape index (κ3) is 5.24. The molecule has 33 heavy (non-hydrogen) atoms. The van der Waals surface area contributed by atoms with Crippen LogP contribution in [0.2, 0.25) is 0 Å². The van der Waals surface area contributed by atoms with Gasteiger partial charge in [0.25, 0.3) is 0 Å². The van der Waals surface area contributed by atoms with Crippen LogP contribution in [-0.4, -0.2) is 56.8 Å². The van der Waals surface area contributed by atoms with E-state index < -0.39 is 17.7 Å². The van der Waals surface area contributed by atoms with E-state index in [1.165, 1.54) is 4.90 Å². The van der Waals surface area contributed by atoms with Crippen molar-refractivity contribution in [2.24, 2.45) is 0 Å². The van der Waals surface area contributed by atoms with E-state index in [0.717, 1.165) is 29.8 Å². The third-order valence-electron chi connectivity index (χ3n) is 5.37. The summed E-state index contributed by atoms with van der Waals surface area (Å²) >= 11 is 0. The molecule has 0 bridgehead atoms. The van der Waals surface area contributed by atoms with Crippen molar-refractivity contribution in [3.8, 4) is 17.0 Å². The predicted molar refractivity (Wildman–Crippen MR) is 124 cm³/mol. The van der Waals surface area contributed by atoms with Gasteiger partial charge in [0, 0.05) is 12.1 Å². The van der Waals surface area contributed by atoms with E-state index in [4.69, 9.17) is 9.47 Å². The van der Waals surface area contributed by atoms with Gasteiger partial charge in [0.2, 0.25) is 5.91 Å². The Morgan fingerprint density at radius 1 is 1.15 bits per heavy atom. The van der Waals surface area contributed by atoms with E-state index in [9.17, 15) is 9.59 Å². The molecule has 3 heterocycles. The molecule has 174 valence electrons. The van der Waals surface area contributed by atoms with Crippen LogP contribution in [0.3, 0.4) is 0 Å². The summed E-state index contributed by atoms with van der Waals surface area (Å²) in [7, 11) is 1.62. The number of fused-ring (bicyclic) bond motifs is 1. The third-order valence-corrected chi connectivity index (χ3v) is 5.37. The fourth-order valence-corrected chi connectivity index (χ4v) is 3.83. The molecule has 9 heteroatoms. The number of carbonyl (C=O) groups excluding carboxylic acids is 2. The zero-order chi connectivity index (χ0) is 23.6. The molecule has 4 rings (SSSR count). The maximum Gasteiger partial charge on any atom is 0.410 e. The molecule has 2 amide bonds. The van der Waals surface area contributed by atoms with Crippen molar-refractivity contribution in [3.63, 3.8) is 0 Å². The minimum absolute atomic E-state index is 0.281. The second-order valence-electron chi connectivity index (χ2n) is 9.05. The summed E-state index contributed by atoms with van der Waals surface area (Å²) in [6.07, 6.45) is 3.48. The molecule has 0 saturated carbocycles. The topological polar surface area (TPSA) is 98.1 Å². The zero-order valence-corrected chi connectivity index (χ0v) is 19.4. The number of aromatic nitrogens is 3. The maximum absolute atomic E-state index is 13.0. The molecule has 0 spiro atoms. The molecule has 1 atom stereocenters. The molecule has 1 aliphatic heterocycles. The van der Waals surface area contributed by atoms with Gasteiger partial charge in [-0.15, -0.1) is 0 Å². The number of imidazole rings is 1. The first-order valence-electron chi connectivity index (χ1n) is 11.0. The van der Waals surface area contributed by atoms with Crippen LogP contribution >= 0.6 is 0 Å². The zero-order valence-electron chi connectivity index (χ0n) is 19.4. The monoisotopic (exact) mass is 451 g/mol. The number of methoxy groups -OCH3 is 1. The van der Waals surface area contributed by atoms with Gasteiger partial charge in [-0.25, -0.2) is 14.3 Å². The summed E-state index contributed by atoms with van der Waals surface area (Å²) in [5, 5.41) is 7.45. The Balaban J connectivity index is 1.51. The van der Waals surface area contributed by atoms with Crippen molar-refractivity contribution < 1.29 is 19.1 Å². The van der Waals surface area contributed by atoms with E-state index in [1.807, 2.05) is 57.2 Å². The molecule has 1 unspecified atom stereocenters. The Hall–Kier alpha value is -3.62. The molecular formula is C24H29N5O4. The lowest BCUT2D eigenvalue weighted by atomic mass is 10.0. The highest BCUT2D eigenvalue weighted by atomic mass is 16.6. The summed E-state index contributed by atoms with van der Waals surface area (Å²) < 4.78 is 12.4. The summed E-state index contributed by atoms with van der Waals surface area (Å²) in [6, 6.07) is 10.7. The first-order valence-corrected chi connectivity index (χ1v) is 11.0. The first-order chi connectivity index (χ1) is 15.7. The lowest BCUT2D eigenvalue weighted by Crippen LogP contribution is -2.51. The number of nitrogens with zero attached hydrogens (tertiary/aromatic N) is 4. The van der Waals surface area contributed by atoms with Crippen molar-refractivity contribution in [2.45, 2.75) is 51.7 Å². The number of anilines is 1. The highest BCUT2D eigenvalue weighted by Crippen LogP contribution is 2.24. The molecule has 9 nitrogen and oxygen atoms in total. The van der Waals surface area contributed by atoms with E-state index >= 15 is 0 Å². The quantitative estimate of drug-likeness (QED) is 0.640. The summed E-state index contributed by atoms with van der Waals surface area (Å²) in [6.45, 7) is 5.93. The van der Waals surface area contributed by atoms with Crippen molar-refractivity contribution in [2.75, 3.05) is 19.0 Å². The van der Waals surface area contributed by atoms with Crippen LogP contribution in [0.15, 0.2) is 42.6 Å². The molecule has 1 fully saturated rings.